The van der Waals surface area contributed by atoms with Crippen molar-refractivity contribution in [1.29, 1.82) is 0 Å². The Morgan fingerprint density at radius 3 is 2.32 bits per heavy atom. The molecule has 0 atom stereocenters. The summed E-state index contributed by atoms with van der Waals surface area (Å²) >= 11 is 0. The predicted octanol–water partition coefficient (Wildman–Crippen LogP) is 4.89. The second kappa shape index (κ2) is 14.2. The van der Waals surface area contributed by atoms with Gasteiger partial charge >= 0.3 is 0 Å². The topological polar surface area (TPSA) is 99.5 Å². The summed E-state index contributed by atoms with van der Waals surface area (Å²) in [4.78, 5) is 27.5. The van der Waals surface area contributed by atoms with Crippen molar-refractivity contribution in [2.75, 3.05) is 48.1 Å². The first-order valence-electron chi connectivity index (χ1n) is 13.4. The second-order valence-electron chi connectivity index (χ2n) is 9.59. The first-order valence-corrected chi connectivity index (χ1v) is 13.4. The van der Waals surface area contributed by atoms with Crippen molar-refractivity contribution in [3.63, 3.8) is 0 Å². The third kappa shape index (κ3) is 7.58. The maximum Gasteiger partial charge on any atom is 0.257 e. The molecule has 0 fully saturated rings. The Bertz CT molecular complexity index is 1500. The minimum absolute atomic E-state index is 0.0836. The van der Waals surface area contributed by atoms with Crippen molar-refractivity contribution in [1.82, 2.24) is 10.2 Å². The van der Waals surface area contributed by atoms with Gasteiger partial charge in [-0.15, -0.1) is 0 Å². The van der Waals surface area contributed by atoms with Crippen molar-refractivity contribution >= 4 is 16.9 Å². The third-order valence-electron chi connectivity index (χ3n) is 6.62. The Labute approximate surface area is 239 Å². The lowest BCUT2D eigenvalue weighted by atomic mass is 10.1. The Balaban J connectivity index is 1.27. The van der Waals surface area contributed by atoms with Gasteiger partial charge < -0.3 is 33.6 Å². The van der Waals surface area contributed by atoms with E-state index in [1.165, 1.54) is 33.0 Å². The van der Waals surface area contributed by atoms with Crippen molar-refractivity contribution in [3.05, 3.63) is 82.5 Å². The first-order chi connectivity index (χ1) is 19.9. The minimum Gasteiger partial charge on any atom is -0.493 e. The molecule has 0 bridgehead atoms. The van der Waals surface area contributed by atoms with Crippen molar-refractivity contribution in [2.24, 2.45) is 0 Å². The summed E-state index contributed by atoms with van der Waals surface area (Å²) in [6.07, 6.45) is 1.88. The molecular formula is C32H36N2O7. The van der Waals surface area contributed by atoms with Crippen molar-refractivity contribution < 1.29 is 28.2 Å². The van der Waals surface area contributed by atoms with Crippen LogP contribution in [0.25, 0.3) is 22.3 Å². The molecule has 4 rings (SSSR count). The number of carbonyl (C=O) groups is 1. The molecule has 41 heavy (non-hydrogen) atoms. The van der Waals surface area contributed by atoms with E-state index in [0.29, 0.717) is 40.7 Å². The van der Waals surface area contributed by atoms with Gasteiger partial charge in [-0.05, 0) is 56.3 Å². The second-order valence-corrected chi connectivity index (χ2v) is 9.59. The number of amides is 1. The fourth-order valence-corrected chi connectivity index (χ4v) is 4.55. The van der Waals surface area contributed by atoms with E-state index in [4.69, 9.17) is 23.4 Å². The molecule has 216 valence electrons. The van der Waals surface area contributed by atoms with Crippen LogP contribution in [0.1, 0.15) is 18.4 Å². The van der Waals surface area contributed by atoms with E-state index in [2.05, 4.69) is 29.4 Å². The fourth-order valence-electron chi connectivity index (χ4n) is 4.55. The van der Waals surface area contributed by atoms with E-state index in [-0.39, 0.29) is 29.1 Å². The van der Waals surface area contributed by atoms with Gasteiger partial charge in [0.1, 0.15) is 22.5 Å². The van der Waals surface area contributed by atoms with Crippen LogP contribution in [0.4, 0.5) is 0 Å². The van der Waals surface area contributed by atoms with Crippen LogP contribution in [-0.2, 0) is 11.3 Å². The first kappa shape index (κ1) is 29.5. The quantitative estimate of drug-likeness (QED) is 0.218. The summed E-state index contributed by atoms with van der Waals surface area (Å²) in [7, 11) is 6.53. The molecule has 1 aromatic heterocycles. The summed E-state index contributed by atoms with van der Waals surface area (Å²) < 4.78 is 27.9. The van der Waals surface area contributed by atoms with Gasteiger partial charge in [0, 0.05) is 30.8 Å². The number of nitrogens with zero attached hydrogens (tertiary/aromatic N) is 1. The summed E-state index contributed by atoms with van der Waals surface area (Å²) in [6, 6.07) is 20.3. The molecule has 9 nitrogen and oxygen atoms in total. The van der Waals surface area contributed by atoms with Gasteiger partial charge in [-0.2, -0.15) is 0 Å². The highest BCUT2D eigenvalue weighted by Gasteiger charge is 2.20. The number of nitrogens with one attached hydrogen (secondary N) is 1. The van der Waals surface area contributed by atoms with E-state index in [1.54, 1.807) is 30.3 Å². The Morgan fingerprint density at radius 2 is 1.63 bits per heavy atom. The molecule has 0 unspecified atom stereocenters. The van der Waals surface area contributed by atoms with Crippen molar-refractivity contribution in [3.8, 4) is 34.3 Å². The number of benzene rings is 3. The molecule has 0 aliphatic carbocycles. The molecule has 0 aliphatic heterocycles. The Kier molecular flexibility index (Phi) is 10.2. The van der Waals surface area contributed by atoms with E-state index in [0.717, 1.165) is 25.9 Å². The minimum atomic E-state index is -0.279. The number of ether oxygens (including phenoxy) is 4. The van der Waals surface area contributed by atoms with Crippen LogP contribution in [0.15, 0.2) is 75.9 Å². The van der Waals surface area contributed by atoms with Gasteiger partial charge in [0.2, 0.25) is 5.75 Å². The molecule has 0 aliphatic rings. The average Bonchev–Trinajstić information content (AvgIpc) is 2.99. The maximum absolute atomic E-state index is 13.0. The normalized spacial score (nSPS) is 11.0. The number of carbonyl (C=O) groups excluding carboxylic acids is 1. The zero-order valence-electron chi connectivity index (χ0n) is 23.9. The molecule has 0 saturated carbocycles. The summed E-state index contributed by atoms with van der Waals surface area (Å²) in [5.74, 6) is 1.68. The van der Waals surface area contributed by atoms with E-state index in [1.807, 2.05) is 18.2 Å². The number of fused-ring (bicyclic) bond motifs is 1. The maximum atomic E-state index is 13.0. The summed E-state index contributed by atoms with van der Waals surface area (Å²) in [6.45, 7) is 2.38. The van der Waals surface area contributed by atoms with Gasteiger partial charge in [-0.3, -0.25) is 9.59 Å². The van der Waals surface area contributed by atoms with Crippen LogP contribution in [0.2, 0.25) is 0 Å². The monoisotopic (exact) mass is 560 g/mol. The molecule has 1 amide bonds. The van der Waals surface area contributed by atoms with Crippen LogP contribution in [0.5, 0.6) is 23.0 Å². The van der Waals surface area contributed by atoms with Crippen LogP contribution < -0.4 is 29.7 Å². The highest BCUT2D eigenvalue weighted by Crippen LogP contribution is 2.42. The number of hydrogen-bond donors (Lipinski definition) is 1. The van der Waals surface area contributed by atoms with Gasteiger partial charge in [-0.1, -0.05) is 30.3 Å². The zero-order valence-corrected chi connectivity index (χ0v) is 23.9. The van der Waals surface area contributed by atoms with Gasteiger partial charge in [0.05, 0.1) is 21.3 Å². The summed E-state index contributed by atoms with van der Waals surface area (Å²) in [5.41, 5.74) is 1.99. The zero-order chi connectivity index (χ0) is 29.2. The van der Waals surface area contributed by atoms with Gasteiger partial charge in [0.25, 0.3) is 5.91 Å². The molecule has 9 heteroatoms. The lowest BCUT2D eigenvalue weighted by Gasteiger charge is -2.16. The fraction of sp³-hybridized carbons (Fsp3) is 0.312. The molecule has 1 heterocycles. The highest BCUT2D eigenvalue weighted by atomic mass is 16.5. The lowest BCUT2D eigenvalue weighted by molar-refractivity contribution is -0.123. The number of methoxy groups -OCH3 is 3. The predicted molar refractivity (Wildman–Crippen MR) is 158 cm³/mol. The van der Waals surface area contributed by atoms with Gasteiger partial charge in [-0.25, -0.2) is 0 Å². The number of rotatable bonds is 14. The molecule has 0 spiro atoms. The standard InChI is InChI=1S/C32H36N2O7/c1-34(20-22-10-6-5-7-11-22)17-9-8-16-33-29(36)21-40-24-14-12-23(13-15-24)26-18-25(35)30-27(41-26)19-28(37-2)31(38-3)32(30)39-4/h5-7,10-15,18-19H,8-9,16-17,20-21H2,1-4H3,(H,33,36). The molecule has 4 aromatic rings. The van der Waals surface area contributed by atoms with E-state index in [9.17, 15) is 9.59 Å². The van der Waals surface area contributed by atoms with Crippen LogP contribution in [0.3, 0.4) is 0 Å². The average molecular weight is 561 g/mol. The lowest BCUT2D eigenvalue weighted by Crippen LogP contribution is -2.30. The van der Waals surface area contributed by atoms with Gasteiger partial charge in [0.15, 0.2) is 23.5 Å². The number of unbranched alkanes of at least 4 members (excludes halogenated alkanes) is 1. The Morgan fingerprint density at radius 1 is 0.902 bits per heavy atom. The smallest absolute Gasteiger partial charge is 0.257 e. The van der Waals surface area contributed by atoms with E-state index < -0.39 is 0 Å². The summed E-state index contributed by atoms with van der Waals surface area (Å²) in [5, 5.41) is 3.17. The number of hydrogen-bond acceptors (Lipinski definition) is 8. The largest absolute Gasteiger partial charge is 0.493 e. The van der Waals surface area contributed by atoms with Crippen LogP contribution >= 0.6 is 0 Å². The van der Waals surface area contributed by atoms with Crippen LogP contribution in [0, 0.1) is 0 Å². The molecule has 0 saturated heterocycles. The molecule has 0 radical (unpaired) electrons. The SMILES string of the molecule is COc1cc2oc(-c3ccc(OCC(=O)NCCCCN(C)Cc4ccccc4)cc3)cc(=O)c2c(OC)c1OC. The molecular weight excluding hydrogens is 524 g/mol. The molecule has 3 aromatic carbocycles. The molecule has 1 N–H and O–H groups in total. The van der Waals surface area contributed by atoms with E-state index >= 15 is 0 Å². The van der Waals surface area contributed by atoms with Crippen LogP contribution in [-0.4, -0.2) is 58.9 Å². The van der Waals surface area contributed by atoms with Crippen molar-refractivity contribution in [2.45, 2.75) is 19.4 Å². The highest BCUT2D eigenvalue weighted by molar-refractivity contribution is 5.90. The Hall–Kier alpha value is -4.50. The third-order valence-corrected chi connectivity index (χ3v) is 6.62.